The van der Waals surface area contributed by atoms with Crippen molar-refractivity contribution in [2.24, 2.45) is 0 Å². The first-order valence-electron chi connectivity index (χ1n) is 9.36. The summed E-state index contributed by atoms with van der Waals surface area (Å²) in [6.07, 6.45) is 1.84. The van der Waals surface area contributed by atoms with E-state index in [1.54, 1.807) is 0 Å². The third kappa shape index (κ3) is 4.24. The molecule has 4 aromatic rings. The Morgan fingerprint density at radius 2 is 1.76 bits per heavy atom. The molecule has 2 heterocycles. The predicted molar refractivity (Wildman–Crippen MR) is 103 cm³/mol. The van der Waals surface area contributed by atoms with Crippen molar-refractivity contribution in [2.45, 2.75) is 18.1 Å². The first kappa shape index (κ1) is 22.3. The van der Waals surface area contributed by atoms with Gasteiger partial charge in [-0.2, -0.15) is 8.78 Å². The molecule has 1 unspecified atom stereocenters. The first-order valence-corrected chi connectivity index (χ1v) is 9.36. The zero-order valence-electron chi connectivity index (χ0n) is 16.5. The van der Waals surface area contributed by atoms with Crippen LogP contribution in [0, 0.1) is 17.5 Å². The van der Waals surface area contributed by atoms with E-state index in [0.717, 1.165) is 41.5 Å². The van der Waals surface area contributed by atoms with Crippen molar-refractivity contribution in [1.82, 2.24) is 25.2 Å². The second-order valence-corrected chi connectivity index (χ2v) is 6.98. The smallest absolute Gasteiger partial charge is 0.323 e. The van der Waals surface area contributed by atoms with Gasteiger partial charge in [-0.3, -0.25) is 4.98 Å². The zero-order valence-corrected chi connectivity index (χ0v) is 16.5. The minimum Gasteiger partial charge on any atom is -0.453 e. The molecular formula is C21H14F5N5O2. The van der Waals surface area contributed by atoms with Crippen molar-refractivity contribution in [3.05, 3.63) is 95.8 Å². The molecular weight excluding hydrogens is 449 g/mol. The van der Waals surface area contributed by atoms with Gasteiger partial charge >= 0.3 is 5.92 Å². The second-order valence-electron chi connectivity index (χ2n) is 6.98. The fraction of sp³-hybridized carbons (Fsp3) is 0.143. The largest absolute Gasteiger partial charge is 0.453 e. The van der Waals surface area contributed by atoms with Gasteiger partial charge in [-0.15, -0.1) is 5.10 Å². The summed E-state index contributed by atoms with van der Waals surface area (Å²) in [5.74, 6) is -7.51. The standard InChI is InChI=1S/C21H14F5N5O2/c22-13-5-7-15(17(24)9-13)20(32,11-31-12-28-29-30-31)21(25,26)19-8-6-14(10-27-19)33-18-4-2-1-3-16(18)23/h1-10,12,32H,11H2. The summed E-state index contributed by atoms with van der Waals surface area (Å²) in [6, 6.07) is 9.19. The van der Waals surface area contributed by atoms with E-state index in [0.29, 0.717) is 12.1 Å². The Hall–Kier alpha value is -3.93. The molecule has 0 aliphatic rings. The van der Waals surface area contributed by atoms with E-state index in [1.807, 2.05) is 0 Å². The van der Waals surface area contributed by atoms with Crippen molar-refractivity contribution in [3.8, 4) is 11.5 Å². The number of aliphatic hydroxyl groups is 1. The minimum atomic E-state index is -4.21. The van der Waals surface area contributed by atoms with Crippen LogP contribution < -0.4 is 4.74 Å². The maximum absolute atomic E-state index is 15.6. The van der Waals surface area contributed by atoms with Crippen LogP contribution in [0.1, 0.15) is 11.3 Å². The van der Waals surface area contributed by atoms with Gasteiger partial charge in [0.15, 0.2) is 17.2 Å². The van der Waals surface area contributed by atoms with Crippen LogP contribution in [0.15, 0.2) is 67.1 Å². The molecule has 0 radical (unpaired) electrons. The van der Waals surface area contributed by atoms with Crippen LogP contribution in [-0.4, -0.2) is 30.3 Å². The van der Waals surface area contributed by atoms with Gasteiger partial charge in [0.2, 0.25) is 0 Å². The number of para-hydroxylation sites is 1. The molecule has 0 aliphatic heterocycles. The highest BCUT2D eigenvalue weighted by atomic mass is 19.3. The number of hydrogen-bond donors (Lipinski definition) is 1. The topological polar surface area (TPSA) is 86.0 Å². The average molecular weight is 463 g/mol. The normalized spacial score (nSPS) is 13.5. The second kappa shape index (κ2) is 8.54. The Labute approximate surface area is 183 Å². The van der Waals surface area contributed by atoms with Crippen LogP contribution in [0.4, 0.5) is 22.0 Å². The first-order chi connectivity index (χ1) is 15.7. The number of tetrazole rings is 1. The Morgan fingerprint density at radius 1 is 0.970 bits per heavy atom. The lowest BCUT2D eigenvalue weighted by molar-refractivity contribution is -0.207. The fourth-order valence-electron chi connectivity index (χ4n) is 3.16. The van der Waals surface area contributed by atoms with Crippen LogP contribution in [0.2, 0.25) is 0 Å². The zero-order chi connectivity index (χ0) is 23.6. The third-order valence-electron chi connectivity index (χ3n) is 4.80. The van der Waals surface area contributed by atoms with E-state index in [-0.39, 0.29) is 11.5 Å². The average Bonchev–Trinajstić information content (AvgIpc) is 3.28. The van der Waals surface area contributed by atoms with Crippen LogP contribution in [0.3, 0.4) is 0 Å². The predicted octanol–water partition coefficient (Wildman–Crippen LogP) is 3.96. The molecule has 170 valence electrons. The summed E-state index contributed by atoms with van der Waals surface area (Å²) >= 11 is 0. The monoisotopic (exact) mass is 463 g/mol. The lowest BCUT2D eigenvalue weighted by Crippen LogP contribution is -2.48. The molecule has 12 heteroatoms. The Kier molecular flexibility index (Phi) is 5.77. The molecule has 0 spiro atoms. The van der Waals surface area contributed by atoms with E-state index in [2.05, 4.69) is 20.5 Å². The van der Waals surface area contributed by atoms with E-state index in [4.69, 9.17) is 4.74 Å². The maximum atomic E-state index is 15.6. The van der Waals surface area contributed by atoms with Crippen molar-refractivity contribution < 1.29 is 31.8 Å². The number of rotatable bonds is 7. The molecule has 0 amide bonds. The van der Waals surface area contributed by atoms with Gasteiger partial charge < -0.3 is 9.84 Å². The SMILES string of the molecule is OC(Cn1cnnn1)(c1ccc(F)cc1F)C(F)(F)c1ccc(Oc2ccccc2F)cn1. The van der Waals surface area contributed by atoms with Gasteiger partial charge in [0.25, 0.3) is 0 Å². The molecule has 2 aromatic heterocycles. The van der Waals surface area contributed by atoms with Gasteiger partial charge in [0.1, 0.15) is 29.4 Å². The number of alkyl halides is 2. The van der Waals surface area contributed by atoms with Crippen LogP contribution >= 0.6 is 0 Å². The van der Waals surface area contributed by atoms with E-state index >= 15 is 8.78 Å². The van der Waals surface area contributed by atoms with Crippen molar-refractivity contribution in [1.29, 1.82) is 0 Å². The number of nitrogens with zero attached hydrogens (tertiary/aromatic N) is 5. The minimum absolute atomic E-state index is 0.0587. The van der Waals surface area contributed by atoms with Crippen molar-refractivity contribution >= 4 is 0 Å². The lowest BCUT2D eigenvalue weighted by atomic mass is 9.84. The van der Waals surface area contributed by atoms with Crippen molar-refractivity contribution in [2.75, 3.05) is 0 Å². The van der Waals surface area contributed by atoms with Crippen LogP contribution in [-0.2, 0) is 18.1 Å². The van der Waals surface area contributed by atoms with Gasteiger partial charge in [0.05, 0.1) is 12.7 Å². The van der Waals surface area contributed by atoms with Crippen molar-refractivity contribution in [3.63, 3.8) is 0 Å². The maximum Gasteiger partial charge on any atom is 0.323 e. The summed E-state index contributed by atoms with van der Waals surface area (Å²) in [5, 5.41) is 21.2. The molecule has 0 saturated carbocycles. The molecule has 4 rings (SSSR count). The van der Waals surface area contributed by atoms with Gasteiger partial charge in [0, 0.05) is 11.6 Å². The number of benzene rings is 2. The van der Waals surface area contributed by atoms with E-state index < -0.39 is 46.8 Å². The number of aromatic nitrogens is 5. The summed E-state index contributed by atoms with van der Waals surface area (Å²) in [5.41, 5.74) is -5.11. The van der Waals surface area contributed by atoms with Crippen LogP contribution in [0.5, 0.6) is 11.5 Å². The highest BCUT2D eigenvalue weighted by Crippen LogP contribution is 2.47. The summed E-state index contributed by atoms with van der Waals surface area (Å²) < 4.78 is 79.0. The molecule has 1 N–H and O–H groups in total. The lowest BCUT2D eigenvalue weighted by Gasteiger charge is -2.35. The van der Waals surface area contributed by atoms with E-state index in [9.17, 15) is 18.3 Å². The summed E-state index contributed by atoms with van der Waals surface area (Å²) in [7, 11) is 0. The van der Waals surface area contributed by atoms with Crippen LogP contribution in [0.25, 0.3) is 0 Å². The molecule has 0 fully saturated rings. The molecule has 7 nitrogen and oxygen atoms in total. The van der Waals surface area contributed by atoms with Gasteiger partial charge in [-0.05, 0) is 46.8 Å². The molecule has 33 heavy (non-hydrogen) atoms. The Bertz CT molecular complexity index is 1250. The third-order valence-corrected chi connectivity index (χ3v) is 4.80. The van der Waals surface area contributed by atoms with Gasteiger partial charge in [-0.1, -0.05) is 12.1 Å². The number of ether oxygens (including phenoxy) is 1. The number of halogens is 5. The quantitative estimate of drug-likeness (QED) is 0.418. The Balaban J connectivity index is 1.72. The highest BCUT2D eigenvalue weighted by molar-refractivity contribution is 5.34. The fourth-order valence-corrected chi connectivity index (χ4v) is 3.16. The van der Waals surface area contributed by atoms with Gasteiger partial charge in [-0.25, -0.2) is 17.9 Å². The number of pyridine rings is 1. The molecule has 0 saturated heterocycles. The highest BCUT2D eigenvalue weighted by Gasteiger charge is 2.58. The number of hydrogen-bond acceptors (Lipinski definition) is 6. The molecule has 1 atom stereocenters. The Morgan fingerprint density at radius 3 is 2.39 bits per heavy atom. The molecule has 2 aromatic carbocycles. The summed E-state index contributed by atoms with van der Waals surface area (Å²) in [4.78, 5) is 3.63. The summed E-state index contributed by atoms with van der Waals surface area (Å²) in [6.45, 7) is -0.981. The molecule has 0 bridgehead atoms. The molecule has 0 aliphatic carbocycles. The van der Waals surface area contributed by atoms with E-state index in [1.165, 1.54) is 18.2 Å².